The highest BCUT2D eigenvalue weighted by molar-refractivity contribution is 9.10. The highest BCUT2D eigenvalue weighted by atomic mass is 79.9. The molecular weight excluding hydrogens is 282 g/mol. The zero-order valence-electron chi connectivity index (χ0n) is 9.80. The number of rotatable bonds is 4. The second-order valence-corrected chi connectivity index (χ2v) is 4.79. The average Bonchev–Trinajstić information content (AvgIpc) is 2.76. The van der Waals surface area contributed by atoms with E-state index >= 15 is 0 Å². The predicted molar refractivity (Wildman–Crippen MR) is 68.9 cm³/mol. The summed E-state index contributed by atoms with van der Waals surface area (Å²) in [5, 5.41) is 4.16. The summed E-state index contributed by atoms with van der Waals surface area (Å²) in [6, 6.07) is 8.04. The molecule has 0 unspecified atom stereocenters. The summed E-state index contributed by atoms with van der Waals surface area (Å²) in [4.78, 5) is 4.19. The van der Waals surface area contributed by atoms with Crippen molar-refractivity contribution in [2.75, 3.05) is 0 Å². The van der Waals surface area contributed by atoms with Crippen molar-refractivity contribution in [1.82, 2.24) is 14.8 Å². The van der Waals surface area contributed by atoms with Crippen molar-refractivity contribution in [3.8, 4) is 5.75 Å². The van der Waals surface area contributed by atoms with Crippen LogP contribution in [0.4, 0.5) is 0 Å². The van der Waals surface area contributed by atoms with Crippen molar-refractivity contribution in [3.63, 3.8) is 0 Å². The molecule has 1 heterocycles. The molecule has 4 nitrogen and oxygen atoms in total. The molecule has 0 aliphatic carbocycles. The minimum Gasteiger partial charge on any atom is -0.484 e. The summed E-state index contributed by atoms with van der Waals surface area (Å²) < 4.78 is 8.50. The minimum absolute atomic E-state index is 0.287. The van der Waals surface area contributed by atoms with Gasteiger partial charge in [-0.1, -0.05) is 12.1 Å². The van der Waals surface area contributed by atoms with Crippen molar-refractivity contribution in [1.29, 1.82) is 0 Å². The Labute approximate surface area is 109 Å². The van der Waals surface area contributed by atoms with Crippen molar-refractivity contribution in [3.05, 3.63) is 40.9 Å². The van der Waals surface area contributed by atoms with Gasteiger partial charge < -0.3 is 4.74 Å². The highest BCUT2D eigenvalue weighted by Crippen LogP contribution is 2.24. The zero-order chi connectivity index (χ0) is 12.3. The largest absolute Gasteiger partial charge is 0.484 e. The van der Waals surface area contributed by atoms with Crippen LogP contribution >= 0.6 is 15.9 Å². The van der Waals surface area contributed by atoms with Crippen LogP contribution < -0.4 is 4.74 Å². The molecule has 1 aromatic carbocycles. The third-order valence-electron chi connectivity index (χ3n) is 2.33. The first kappa shape index (κ1) is 12.1. The number of benzene rings is 1. The Hall–Kier alpha value is -1.36. The maximum Gasteiger partial charge on any atom is 0.165 e. The van der Waals surface area contributed by atoms with E-state index in [2.05, 4.69) is 39.9 Å². The van der Waals surface area contributed by atoms with E-state index in [9.17, 15) is 0 Å². The molecule has 0 radical (unpaired) electrons. The van der Waals surface area contributed by atoms with Crippen LogP contribution in [0.2, 0.25) is 0 Å². The lowest BCUT2D eigenvalue weighted by atomic mass is 10.3. The number of nitrogens with zero attached hydrogens (tertiary/aromatic N) is 3. The lowest BCUT2D eigenvalue weighted by Gasteiger charge is -2.11. The van der Waals surface area contributed by atoms with Crippen molar-refractivity contribution in [2.24, 2.45) is 0 Å². The fourth-order valence-corrected chi connectivity index (χ4v) is 1.91. The summed E-state index contributed by atoms with van der Waals surface area (Å²) in [5.41, 5.74) is 0. The molecule has 90 valence electrons. The topological polar surface area (TPSA) is 39.9 Å². The Kier molecular flexibility index (Phi) is 3.78. The second-order valence-electron chi connectivity index (χ2n) is 3.93. The van der Waals surface area contributed by atoms with E-state index in [0.717, 1.165) is 16.0 Å². The molecule has 0 amide bonds. The number of hydrogen-bond donors (Lipinski definition) is 0. The first-order valence-electron chi connectivity index (χ1n) is 5.44. The molecule has 0 saturated heterocycles. The van der Waals surface area contributed by atoms with Gasteiger partial charge in [0, 0.05) is 6.04 Å². The first-order valence-corrected chi connectivity index (χ1v) is 6.23. The summed E-state index contributed by atoms with van der Waals surface area (Å²) in [7, 11) is 0. The number of ether oxygens (including phenoxy) is 1. The molecule has 17 heavy (non-hydrogen) atoms. The maximum atomic E-state index is 5.70. The van der Waals surface area contributed by atoms with Gasteiger partial charge in [-0.15, -0.1) is 0 Å². The van der Waals surface area contributed by atoms with E-state index in [0.29, 0.717) is 6.61 Å². The van der Waals surface area contributed by atoms with Gasteiger partial charge in [0.2, 0.25) is 0 Å². The normalized spacial score (nSPS) is 10.8. The number of aromatic nitrogens is 3. The molecule has 0 atom stereocenters. The van der Waals surface area contributed by atoms with Crippen LogP contribution in [0.15, 0.2) is 35.1 Å². The molecule has 0 bridgehead atoms. The fraction of sp³-hybridized carbons (Fsp3) is 0.333. The van der Waals surface area contributed by atoms with E-state index in [-0.39, 0.29) is 6.04 Å². The molecule has 0 spiro atoms. The monoisotopic (exact) mass is 295 g/mol. The van der Waals surface area contributed by atoms with E-state index in [1.807, 2.05) is 28.9 Å². The van der Waals surface area contributed by atoms with Gasteiger partial charge in [0.05, 0.1) is 4.47 Å². The van der Waals surface area contributed by atoms with Gasteiger partial charge in [-0.3, -0.25) is 0 Å². The molecule has 0 N–H and O–H groups in total. The van der Waals surface area contributed by atoms with Crippen LogP contribution in [0.1, 0.15) is 25.7 Å². The Bertz CT molecular complexity index is 496. The standard InChI is InChI=1S/C12H14BrN3O/c1-9(2)16-12(14-8-15-16)7-17-11-6-4-3-5-10(11)13/h3-6,8-9H,7H2,1-2H3. The second kappa shape index (κ2) is 5.31. The van der Waals surface area contributed by atoms with E-state index in [4.69, 9.17) is 4.74 Å². The molecule has 0 aliphatic heterocycles. The van der Waals surface area contributed by atoms with Gasteiger partial charge >= 0.3 is 0 Å². The quantitative estimate of drug-likeness (QED) is 0.870. The van der Waals surface area contributed by atoms with Crippen LogP contribution in [-0.2, 0) is 6.61 Å². The zero-order valence-corrected chi connectivity index (χ0v) is 11.4. The highest BCUT2D eigenvalue weighted by Gasteiger charge is 2.08. The minimum atomic E-state index is 0.287. The van der Waals surface area contributed by atoms with Crippen molar-refractivity contribution >= 4 is 15.9 Å². The molecule has 2 aromatic rings. The molecule has 5 heteroatoms. The van der Waals surface area contributed by atoms with Gasteiger partial charge in [0.1, 0.15) is 18.7 Å². The first-order chi connectivity index (χ1) is 8.18. The van der Waals surface area contributed by atoms with Crippen molar-refractivity contribution in [2.45, 2.75) is 26.5 Å². The smallest absolute Gasteiger partial charge is 0.165 e. The van der Waals surface area contributed by atoms with Gasteiger partial charge in [-0.2, -0.15) is 5.10 Å². The number of hydrogen-bond acceptors (Lipinski definition) is 3. The van der Waals surface area contributed by atoms with Gasteiger partial charge in [0.15, 0.2) is 5.82 Å². The average molecular weight is 296 g/mol. The molecular formula is C12H14BrN3O. The Morgan fingerprint density at radius 2 is 2.12 bits per heavy atom. The molecule has 0 saturated carbocycles. The lowest BCUT2D eigenvalue weighted by Crippen LogP contribution is -2.10. The number of halogens is 1. The third-order valence-corrected chi connectivity index (χ3v) is 2.98. The molecule has 2 rings (SSSR count). The number of para-hydroxylation sites is 1. The summed E-state index contributed by atoms with van der Waals surface area (Å²) >= 11 is 3.44. The van der Waals surface area contributed by atoms with Gasteiger partial charge in [-0.05, 0) is 41.9 Å². The van der Waals surface area contributed by atoms with Crippen LogP contribution in [0.5, 0.6) is 5.75 Å². The summed E-state index contributed by atoms with van der Waals surface area (Å²) in [6.07, 6.45) is 1.55. The van der Waals surface area contributed by atoms with Crippen LogP contribution in [0.25, 0.3) is 0 Å². The Morgan fingerprint density at radius 1 is 1.35 bits per heavy atom. The van der Waals surface area contributed by atoms with E-state index in [1.54, 1.807) is 6.33 Å². The summed E-state index contributed by atoms with van der Waals surface area (Å²) in [5.74, 6) is 1.64. The molecule has 0 fully saturated rings. The molecule has 1 aromatic heterocycles. The van der Waals surface area contributed by atoms with Gasteiger partial charge in [-0.25, -0.2) is 9.67 Å². The lowest BCUT2D eigenvalue weighted by molar-refractivity contribution is 0.281. The van der Waals surface area contributed by atoms with Crippen molar-refractivity contribution < 1.29 is 4.74 Å². The Morgan fingerprint density at radius 3 is 2.82 bits per heavy atom. The van der Waals surface area contributed by atoms with E-state index < -0.39 is 0 Å². The van der Waals surface area contributed by atoms with Gasteiger partial charge in [0.25, 0.3) is 0 Å². The van der Waals surface area contributed by atoms with Crippen LogP contribution in [-0.4, -0.2) is 14.8 Å². The SMILES string of the molecule is CC(C)n1ncnc1COc1ccccc1Br. The third kappa shape index (κ3) is 2.85. The van der Waals surface area contributed by atoms with Crippen LogP contribution in [0, 0.1) is 0 Å². The van der Waals surface area contributed by atoms with E-state index in [1.165, 1.54) is 0 Å². The predicted octanol–water partition coefficient (Wildman–Crippen LogP) is 3.20. The fourth-order valence-electron chi connectivity index (χ4n) is 1.51. The van der Waals surface area contributed by atoms with Crippen LogP contribution in [0.3, 0.4) is 0 Å². The Balaban J connectivity index is 2.08. The maximum absolute atomic E-state index is 5.70. The molecule has 0 aliphatic rings. The summed E-state index contributed by atoms with van der Waals surface area (Å²) in [6.45, 7) is 4.55.